The summed E-state index contributed by atoms with van der Waals surface area (Å²) in [6, 6.07) is 6.98. The maximum absolute atomic E-state index is 11.6. The molecule has 0 aliphatic carbocycles. The normalized spacial score (nSPS) is 15.8. The van der Waals surface area contributed by atoms with Crippen LogP contribution in [0.4, 0.5) is 5.69 Å². The lowest BCUT2D eigenvalue weighted by Crippen LogP contribution is -2.24. The van der Waals surface area contributed by atoms with Crippen LogP contribution < -0.4 is 10.1 Å². The Kier molecular flexibility index (Phi) is 3.09. The molecule has 5 heteroatoms. The van der Waals surface area contributed by atoms with Gasteiger partial charge < -0.3 is 14.8 Å². The number of rotatable bonds is 2. The number of carbonyl (C=O) groups excluding carboxylic acids is 2. The molecule has 2 rings (SSSR count). The van der Waals surface area contributed by atoms with E-state index in [1.54, 1.807) is 31.2 Å². The highest BCUT2D eigenvalue weighted by Gasteiger charge is 2.22. The first-order valence-electron chi connectivity index (χ1n) is 5.17. The van der Waals surface area contributed by atoms with Gasteiger partial charge in [-0.25, -0.2) is 4.79 Å². The Labute approximate surface area is 98.0 Å². The van der Waals surface area contributed by atoms with Crippen LogP contribution in [0, 0.1) is 0 Å². The first-order chi connectivity index (χ1) is 8.20. The third-order valence-electron chi connectivity index (χ3n) is 2.11. The van der Waals surface area contributed by atoms with Gasteiger partial charge in [0, 0.05) is 0 Å². The average molecular weight is 233 g/mol. The van der Waals surface area contributed by atoms with Gasteiger partial charge in [-0.05, 0) is 19.1 Å². The van der Waals surface area contributed by atoms with E-state index < -0.39 is 11.9 Å². The molecule has 1 heterocycles. The molecule has 0 unspecified atom stereocenters. The molecule has 0 atom stereocenters. The van der Waals surface area contributed by atoms with Crippen LogP contribution in [-0.4, -0.2) is 18.5 Å². The highest BCUT2D eigenvalue weighted by molar-refractivity contribution is 6.08. The van der Waals surface area contributed by atoms with Crippen molar-refractivity contribution in [3.63, 3.8) is 0 Å². The Hall–Kier alpha value is -2.30. The maximum Gasteiger partial charge on any atom is 0.334 e. The number of para-hydroxylation sites is 2. The van der Waals surface area contributed by atoms with E-state index in [1.807, 2.05) is 0 Å². The number of fused-ring (bicyclic) bond motifs is 1. The molecule has 0 aromatic heterocycles. The zero-order valence-corrected chi connectivity index (χ0v) is 9.23. The molecule has 17 heavy (non-hydrogen) atoms. The van der Waals surface area contributed by atoms with Crippen molar-refractivity contribution >= 4 is 17.6 Å². The average Bonchev–Trinajstić information content (AvgIpc) is 2.30. The van der Waals surface area contributed by atoms with Crippen molar-refractivity contribution in [3.8, 4) is 5.75 Å². The lowest BCUT2D eigenvalue weighted by Gasteiger charge is -2.19. The topological polar surface area (TPSA) is 64.6 Å². The molecule has 1 aromatic carbocycles. The Morgan fingerprint density at radius 3 is 3.00 bits per heavy atom. The number of esters is 1. The molecule has 5 nitrogen and oxygen atoms in total. The number of hydrogen-bond donors (Lipinski definition) is 1. The second kappa shape index (κ2) is 4.69. The van der Waals surface area contributed by atoms with Crippen LogP contribution in [0.5, 0.6) is 5.75 Å². The maximum atomic E-state index is 11.6. The second-order valence-corrected chi connectivity index (χ2v) is 3.31. The van der Waals surface area contributed by atoms with Crippen LogP contribution >= 0.6 is 0 Å². The fourth-order valence-electron chi connectivity index (χ4n) is 1.39. The molecular formula is C12H11NO4. The number of amides is 1. The van der Waals surface area contributed by atoms with Crippen molar-refractivity contribution in [1.29, 1.82) is 0 Å². The minimum absolute atomic E-state index is 0.0675. The van der Waals surface area contributed by atoms with Gasteiger partial charge in [0.2, 0.25) is 0 Å². The Morgan fingerprint density at radius 2 is 2.24 bits per heavy atom. The van der Waals surface area contributed by atoms with Crippen LogP contribution in [-0.2, 0) is 14.3 Å². The molecule has 1 N–H and O–H groups in total. The Bertz CT molecular complexity index is 493. The minimum Gasteiger partial charge on any atom is -0.463 e. The Morgan fingerprint density at radius 1 is 1.47 bits per heavy atom. The van der Waals surface area contributed by atoms with E-state index in [4.69, 9.17) is 9.47 Å². The number of carbonyl (C=O) groups is 2. The van der Waals surface area contributed by atoms with Gasteiger partial charge in [0.15, 0.2) is 11.5 Å². The zero-order chi connectivity index (χ0) is 12.3. The zero-order valence-electron chi connectivity index (χ0n) is 9.23. The number of ether oxygens (including phenoxy) is 2. The van der Waals surface area contributed by atoms with Gasteiger partial charge in [-0.2, -0.15) is 0 Å². The third kappa shape index (κ3) is 2.44. The van der Waals surface area contributed by atoms with Crippen molar-refractivity contribution in [1.82, 2.24) is 0 Å². The highest BCUT2D eigenvalue weighted by Crippen LogP contribution is 2.29. The molecule has 88 valence electrons. The van der Waals surface area contributed by atoms with Crippen LogP contribution in [0.3, 0.4) is 0 Å². The van der Waals surface area contributed by atoms with E-state index in [0.717, 1.165) is 6.08 Å². The first-order valence-corrected chi connectivity index (χ1v) is 5.17. The van der Waals surface area contributed by atoms with Crippen LogP contribution in [0.15, 0.2) is 36.1 Å². The number of benzene rings is 1. The predicted molar refractivity (Wildman–Crippen MR) is 60.4 cm³/mol. The fraction of sp³-hybridized carbons (Fsp3) is 0.167. The van der Waals surface area contributed by atoms with Gasteiger partial charge in [0.1, 0.15) is 0 Å². The van der Waals surface area contributed by atoms with E-state index in [9.17, 15) is 9.59 Å². The summed E-state index contributed by atoms with van der Waals surface area (Å²) in [6.45, 7) is 1.94. The molecule has 1 amide bonds. The smallest absolute Gasteiger partial charge is 0.334 e. The van der Waals surface area contributed by atoms with Gasteiger partial charge in [-0.3, -0.25) is 4.79 Å². The van der Waals surface area contributed by atoms with E-state index in [1.165, 1.54) is 0 Å². The Balaban J connectivity index is 2.23. The summed E-state index contributed by atoms with van der Waals surface area (Å²) in [5.41, 5.74) is 0.582. The monoisotopic (exact) mass is 233 g/mol. The second-order valence-electron chi connectivity index (χ2n) is 3.31. The molecule has 1 aliphatic rings. The van der Waals surface area contributed by atoms with Gasteiger partial charge in [0.25, 0.3) is 5.91 Å². The molecule has 0 spiro atoms. The summed E-state index contributed by atoms with van der Waals surface area (Å²) in [5.74, 6) is -0.626. The SMILES string of the molecule is CCOC(=O)/C=C1\Oc2ccccc2NC1=O. The van der Waals surface area contributed by atoms with E-state index >= 15 is 0 Å². The van der Waals surface area contributed by atoms with Gasteiger partial charge in [-0.1, -0.05) is 12.1 Å². The standard InChI is InChI=1S/C12H11NO4/c1-2-16-11(14)7-10-12(15)13-8-5-3-4-6-9(8)17-10/h3-7H,2H2,1H3,(H,13,15)/b10-7-. The fourth-order valence-corrected chi connectivity index (χ4v) is 1.39. The first kappa shape index (κ1) is 11.2. The predicted octanol–water partition coefficient (Wildman–Crippen LogP) is 1.46. The molecule has 0 fully saturated rings. The number of nitrogens with one attached hydrogen (secondary N) is 1. The molecule has 0 saturated heterocycles. The molecule has 0 bridgehead atoms. The highest BCUT2D eigenvalue weighted by atomic mass is 16.5. The van der Waals surface area contributed by atoms with E-state index in [0.29, 0.717) is 11.4 Å². The largest absolute Gasteiger partial charge is 0.463 e. The third-order valence-corrected chi connectivity index (χ3v) is 2.11. The van der Waals surface area contributed by atoms with Crippen molar-refractivity contribution in [3.05, 3.63) is 36.1 Å². The molecule has 0 radical (unpaired) electrons. The lowest BCUT2D eigenvalue weighted by atomic mass is 10.2. The van der Waals surface area contributed by atoms with Crippen molar-refractivity contribution < 1.29 is 19.1 Å². The summed E-state index contributed by atoms with van der Waals surface area (Å²) in [5, 5.41) is 2.62. The van der Waals surface area contributed by atoms with Crippen molar-refractivity contribution in [2.45, 2.75) is 6.92 Å². The van der Waals surface area contributed by atoms with Gasteiger partial charge in [0.05, 0.1) is 18.4 Å². The van der Waals surface area contributed by atoms with Gasteiger partial charge in [-0.15, -0.1) is 0 Å². The number of anilines is 1. The lowest BCUT2D eigenvalue weighted by molar-refractivity contribution is -0.137. The van der Waals surface area contributed by atoms with E-state index in [-0.39, 0.29) is 12.4 Å². The summed E-state index contributed by atoms with van der Waals surface area (Å²) < 4.78 is 10.0. The minimum atomic E-state index is -0.600. The summed E-state index contributed by atoms with van der Waals surface area (Å²) in [6.07, 6.45) is 1.04. The molecule has 0 saturated carbocycles. The van der Waals surface area contributed by atoms with Crippen LogP contribution in [0.1, 0.15) is 6.92 Å². The van der Waals surface area contributed by atoms with Crippen molar-refractivity contribution in [2.75, 3.05) is 11.9 Å². The molecular weight excluding hydrogens is 222 g/mol. The van der Waals surface area contributed by atoms with Gasteiger partial charge >= 0.3 is 5.97 Å². The summed E-state index contributed by atoms with van der Waals surface area (Å²) >= 11 is 0. The van der Waals surface area contributed by atoms with Crippen LogP contribution in [0.25, 0.3) is 0 Å². The summed E-state index contributed by atoms with van der Waals surface area (Å²) in [4.78, 5) is 22.8. The molecule has 1 aliphatic heterocycles. The van der Waals surface area contributed by atoms with Crippen molar-refractivity contribution in [2.24, 2.45) is 0 Å². The quantitative estimate of drug-likeness (QED) is 0.620. The number of hydrogen-bond acceptors (Lipinski definition) is 4. The molecule has 1 aromatic rings. The van der Waals surface area contributed by atoms with Crippen LogP contribution in [0.2, 0.25) is 0 Å². The van der Waals surface area contributed by atoms with E-state index in [2.05, 4.69) is 5.32 Å². The summed E-state index contributed by atoms with van der Waals surface area (Å²) in [7, 11) is 0.